The third kappa shape index (κ3) is 3.96. The molecule has 0 bridgehead atoms. The molecule has 138 valence electrons. The lowest BCUT2D eigenvalue weighted by Gasteiger charge is -2.31. The smallest absolute Gasteiger partial charge is 0.242 e. The van der Waals surface area contributed by atoms with Crippen molar-refractivity contribution in [1.29, 1.82) is 0 Å². The van der Waals surface area contributed by atoms with E-state index < -0.39 is 5.41 Å². The summed E-state index contributed by atoms with van der Waals surface area (Å²) in [4.78, 5) is 27.8. The quantitative estimate of drug-likeness (QED) is 0.774. The normalized spacial score (nSPS) is 11.1. The molecule has 0 heterocycles. The van der Waals surface area contributed by atoms with Crippen LogP contribution in [0.25, 0.3) is 0 Å². The Kier molecular flexibility index (Phi) is 6.19. The third-order valence-electron chi connectivity index (χ3n) is 4.71. The van der Waals surface area contributed by atoms with Gasteiger partial charge in [-0.25, -0.2) is 0 Å². The molecular weight excluding hydrogens is 324 g/mol. The van der Waals surface area contributed by atoms with Crippen molar-refractivity contribution in [3.8, 4) is 0 Å². The third-order valence-corrected chi connectivity index (χ3v) is 4.71. The first-order valence-corrected chi connectivity index (χ1v) is 9.09. The summed E-state index contributed by atoms with van der Waals surface area (Å²) in [7, 11) is 0. The average Bonchev–Trinajstić information content (AvgIpc) is 2.64. The van der Waals surface area contributed by atoms with Gasteiger partial charge in [0.1, 0.15) is 5.41 Å². The van der Waals surface area contributed by atoms with Crippen LogP contribution in [0.5, 0.6) is 0 Å². The van der Waals surface area contributed by atoms with E-state index in [4.69, 9.17) is 0 Å². The lowest BCUT2D eigenvalue weighted by atomic mass is 9.89. The van der Waals surface area contributed by atoms with Crippen LogP contribution in [0.2, 0.25) is 0 Å². The molecule has 0 aliphatic rings. The first-order valence-electron chi connectivity index (χ1n) is 9.09. The molecule has 0 saturated carbocycles. The van der Waals surface area contributed by atoms with Crippen LogP contribution in [0.1, 0.15) is 38.8 Å². The number of carbonyl (C=O) groups excluding carboxylic acids is 2. The molecule has 26 heavy (non-hydrogen) atoms. The Labute approximate surface area is 156 Å². The van der Waals surface area contributed by atoms with Crippen LogP contribution in [0.15, 0.2) is 48.5 Å². The summed E-state index contributed by atoms with van der Waals surface area (Å²) in [6.07, 6.45) is 0.816. The van der Waals surface area contributed by atoms with Gasteiger partial charge in [0.05, 0.1) is 0 Å². The van der Waals surface area contributed by atoms with E-state index in [-0.39, 0.29) is 11.8 Å². The number of benzene rings is 2. The second kappa shape index (κ2) is 8.17. The molecule has 0 fully saturated rings. The molecule has 1 N–H and O–H groups in total. The van der Waals surface area contributed by atoms with E-state index in [1.54, 1.807) is 18.7 Å². The van der Waals surface area contributed by atoms with Crippen molar-refractivity contribution < 1.29 is 9.59 Å². The maximum atomic E-state index is 13.1. The minimum Gasteiger partial charge on any atom is -0.325 e. The molecule has 0 spiro atoms. The number of hydrogen-bond acceptors (Lipinski definition) is 2. The van der Waals surface area contributed by atoms with Crippen molar-refractivity contribution in [2.45, 2.75) is 41.0 Å². The average molecular weight is 352 g/mol. The highest BCUT2D eigenvalue weighted by Gasteiger charge is 2.39. The molecule has 0 aliphatic carbocycles. The monoisotopic (exact) mass is 352 g/mol. The Bertz CT molecular complexity index is 782. The molecule has 4 heteroatoms. The minimum absolute atomic E-state index is 0.213. The van der Waals surface area contributed by atoms with E-state index in [1.807, 2.05) is 62.4 Å². The van der Waals surface area contributed by atoms with Gasteiger partial charge in [0.25, 0.3) is 0 Å². The molecule has 0 atom stereocenters. The van der Waals surface area contributed by atoms with Crippen molar-refractivity contribution in [2.75, 3.05) is 16.8 Å². The Hall–Kier alpha value is -2.62. The maximum Gasteiger partial charge on any atom is 0.242 e. The van der Waals surface area contributed by atoms with Crippen LogP contribution in [0, 0.1) is 12.3 Å². The molecule has 2 aromatic carbocycles. The van der Waals surface area contributed by atoms with Crippen molar-refractivity contribution in [3.05, 3.63) is 59.7 Å². The van der Waals surface area contributed by atoms with Gasteiger partial charge in [0.2, 0.25) is 11.8 Å². The molecule has 0 aliphatic heterocycles. The topological polar surface area (TPSA) is 49.4 Å². The van der Waals surface area contributed by atoms with Crippen molar-refractivity contribution in [1.82, 2.24) is 0 Å². The van der Waals surface area contributed by atoms with E-state index in [0.29, 0.717) is 6.54 Å². The zero-order valence-electron chi connectivity index (χ0n) is 16.3. The first-order chi connectivity index (χ1) is 12.3. The number of para-hydroxylation sites is 2. The van der Waals surface area contributed by atoms with Crippen LogP contribution >= 0.6 is 0 Å². The summed E-state index contributed by atoms with van der Waals surface area (Å²) in [6.45, 7) is 9.79. The van der Waals surface area contributed by atoms with Gasteiger partial charge < -0.3 is 10.2 Å². The molecule has 0 aromatic heterocycles. The fourth-order valence-corrected chi connectivity index (χ4v) is 2.96. The number of rotatable bonds is 6. The zero-order chi connectivity index (χ0) is 19.3. The fourth-order valence-electron chi connectivity index (χ4n) is 2.96. The van der Waals surface area contributed by atoms with Gasteiger partial charge in [0.15, 0.2) is 0 Å². The molecule has 0 unspecified atom stereocenters. The highest BCUT2D eigenvalue weighted by Crippen LogP contribution is 2.28. The lowest BCUT2D eigenvalue weighted by Crippen LogP contribution is -2.47. The molecule has 2 aromatic rings. The van der Waals surface area contributed by atoms with Crippen LogP contribution in [0.4, 0.5) is 11.4 Å². The predicted octanol–water partition coefficient (Wildman–Crippen LogP) is 4.58. The summed E-state index contributed by atoms with van der Waals surface area (Å²) >= 11 is 0. The first kappa shape index (κ1) is 19.7. The number of amides is 2. The van der Waals surface area contributed by atoms with Gasteiger partial charge >= 0.3 is 0 Å². The Balaban J connectivity index is 2.28. The zero-order valence-corrected chi connectivity index (χ0v) is 16.3. The van der Waals surface area contributed by atoms with E-state index in [0.717, 1.165) is 28.9 Å². The predicted molar refractivity (Wildman–Crippen MR) is 107 cm³/mol. The van der Waals surface area contributed by atoms with Crippen LogP contribution < -0.4 is 10.2 Å². The van der Waals surface area contributed by atoms with Gasteiger partial charge in [-0.05, 0) is 57.4 Å². The fraction of sp³-hybridized carbons (Fsp3) is 0.364. The van der Waals surface area contributed by atoms with E-state index in [2.05, 4.69) is 12.2 Å². The summed E-state index contributed by atoms with van der Waals surface area (Å²) in [5, 5.41) is 2.99. The van der Waals surface area contributed by atoms with Gasteiger partial charge in [-0.15, -0.1) is 0 Å². The highest BCUT2D eigenvalue weighted by molar-refractivity contribution is 6.15. The molecule has 2 rings (SSSR count). The molecule has 4 nitrogen and oxygen atoms in total. The van der Waals surface area contributed by atoms with Crippen LogP contribution in [-0.2, 0) is 16.0 Å². The number of nitrogens with one attached hydrogen (secondary N) is 1. The van der Waals surface area contributed by atoms with E-state index in [1.165, 1.54) is 0 Å². The van der Waals surface area contributed by atoms with Gasteiger partial charge in [0, 0.05) is 17.9 Å². The van der Waals surface area contributed by atoms with Gasteiger partial charge in [-0.3, -0.25) is 9.59 Å². The molecule has 0 radical (unpaired) electrons. The van der Waals surface area contributed by atoms with Crippen molar-refractivity contribution in [2.24, 2.45) is 5.41 Å². The van der Waals surface area contributed by atoms with E-state index >= 15 is 0 Å². The molecule has 0 saturated heterocycles. The standard InChI is InChI=1S/C22H28N2O2/c1-6-17-13-11-12-16(3)19(17)23-20(25)22(4,5)21(26)24(7-2)18-14-9-8-10-15-18/h8-15H,6-7H2,1-5H3,(H,23,25). The van der Waals surface area contributed by atoms with Crippen molar-refractivity contribution in [3.63, 3.8) is 0 Å². The number of anilines is 2. The summed E-state index contributed by atoms with van der Waals surface area (Å²) < 4.78 is 0. The van der Waals surface area contributed by atoms with Gasteiger partial charge in [-0.2, -0.15) is 0 Å². The lowest BCUT2D eigenvalue weighted by molar-refractivity contribution is -0.136. The second-order valence-electron chi connectivity index (χ2n) is 6.93. The number of carbonyl (C=O) groups is 2. The van der Waals surface area contributed by atoms with E-state index in [9.17, 15) is 9.59 Å². The Morgan fingerprint density at radius 3 is 2.23 bits per heavy atom. The number of hydrogen-bond donors (Lipinski definition) is 1. The summed E-state index contributed by atoms with van der Waals surface area (Å²) in [6, 6.07) is 15.4. The van der Waals surface area contributed by atoms with Gasteiger partial charge in [-0.1, -0.05) is 43.3 Å². The minimum atomic E-state index is -1.18. The Morgan fingerprint density at radius 1 is 1.00 bits per heavy atom. The van der Waals surface area contributed by atoms with Crippen LogP contribution in [0.3, 0.4) is 0 Å². The molecule has 2 amide bonds. The number of nitrogens with zero attached hydrogens (tertiary/aromatic N) is 1. The number of aryl methyl sites for hydroxylation is 2. The highest BCUT2D eigenvalue weighted by atomic mass is 16.2. The summed E-state index contributed by atoms with van der Waals surface area (Å²) in [5.74, 6) is -0.504. The maximum absolute atomic E-state index is 13.1. The molecular formula is C22H28N2O2. The summed E-state index contributed by atoms with van der Waals surface area (Å²) in [5.41, 5.74) is 2.49. The second-order valence-corrected chi connectivity index (χ2v) is 6.93. The largest absolute Gasteiger partial charge is 0.325 e. The van der Waals surface area contributed by atoms with Crippen molar-refractivity contribution >= 4 is 23.2 Å². The SMILES string of the molecule is CCc1cccc(C)c1NC(=O)C(C)(C)C(=O)N(CC)c1ccccc1. The Morgan fingerprint density at radius 2 is 1.65 bits per heavy atom. The van der Waals surface area contributed by atoms with Crippen LogP contribution in [-0.4, -0.2) is 18.4 Å².